The number of aromatic nitrogens is 1. The Labute approximate surface area is 105 Å². The normalized spacial score (nSPS) is 10.2. The summed E-state index contributed by atoms with van der Waals surface area (Å²) in [6.07, 6.45) is 1.73. The smallest absolute Gasteiger partial charge is 0.143 e. The molecule has 0 aliphatic rings. The molecule has 3 nitrogen and oxygen atoms in total. The Morgan fingerprint density at radius 1 is 1.29 bits per heavy atom. The minimum absolute atomic E-state index is 0.743. The number of anilines is 1. The van der Waals surface area contributed by atoms with E-state index >= 15 is 0 Å². The number of hydrazine groups is 1. The minimum Gasteiger partial charge on any atom is -0.308 e. The lowest BCUT2D eigenvalue weighted by Gasteiger charge is -2.07. The molecule has 1 aromatic carbocycles. The first-order chi connectivity index (χ1) is 8.29. The van der Waals surface area contributed by atoms with Gasteiger partial charge < -0.3 is 5.43 Å². The molecule has 0 radical (unpaired) electrons. The highest BCUT2D eigenvalue weighted by molar-refractivity contribution is 7.98. The Bertz CT molecular complexity index is 500. The van der Waals surface area contributed by atoms with Crippen LogP contribution in [0.4, 0.5) is 5.82 Å². The predicted molar refractivity (Wildman–Crippen MR) is 72.8 cm³/mol. The third-order valence-corrected chi connectivity index (χ3v) is 3.45. The summed E-state index contributed by atoms with van der Waals surface area (Å²) < 4.78 is 0. The van der Waals surface area contributed by atoms with Crippen LogP contribution in [0.1, 0.15) is 11.1 Å². The van der Waals surface area contributed by atoms with Crippen LogP contribution in [0.15, 0.2) is 47.5 Å². The number of rotatable bonds is 4. The van der Waals surface area contributed by atoms with E-state index in [-0.39, 0.29) is 0 Å². The van der Waals surface area contributed by atoms with Crippen LogP contribution in [-0.4, -0.2) is 4.98 Å². The molecule has 3 N–H and O–H groups in total. The first-order valence-corrected chi connectivity index (χ1v) is 6.38. The monoisotopic (exact) mass is 245 g/mol. The Kier molecular flexibility index (Phi) is 4.01. The van der Waals surface area contributed by atoms with Crippen molar-refractivity contribution < 1.29 is 0 Å². The highest BCUT2D eigenvalue weighted by atomic mass is 32.2. The summed E-state index contributed by atoms with van der Waals surface area (Å²) in [6, 6.07) is 12.4. The molecule has 0 aliphatic heterocycles. The number of thioether (sulfide) groups is 1. The fourth-order valence-corrected chi connectivity index (χ4v) is 2.55. The third-order valence-electron chi connectivity index (χ3n) is 2.41. The predicted octanol–water partition coefficient (Wildman–Crippen LogP) is 2.97. The molecule has 2 aromatic rings. The van der Waals surface area contributed by atoms with E-state index in [9.17, 15) is 0 Å². The number of benzene rings is 1. The van der Waals surface area contributed by atoms with E-state index in [1.807, 2.05) is 12.1 Å². The van der Waals surface area contributed by atoms with Crippen molar-refractivity contribution in [3.05, 3.63) is 53.7 Å². The van der Waals surface area contributed by atoms with E-state index in [0.717, 1.165) is 17.1 Å². The van der Waals surface area contributed by atoms with Crippen LogP contribution >= 0.6 is 11.8 Å². The number of nitrogens with one attached hydrogen (secondary N) is 1. The van der Waals surface area contributed by atoms with Gasteiger partial charge in [-0.25, -0.2) is 10.8 Å². The van der Waals surface area contributed by atoms with Crippen LogP contribution in [0.2, 0.25) is 0 Å². The molecule has 0 unspecified atom stereocenters. The maximum Gasteiger partial charge on any atom is 0.143 e. The van der Waals surface area contributed by atoms with Gasteiger partial charge in [-0.2, -0.15) is 0 Å². The molecule has 1 heterocycles. The molecule has 0 aliphatic carbocycles. The van der Waals surface area contributed by atoms with Crippen molar-refractivity contribution in [1.29, 1.82) is 0 Å². The summed E-state index contributed by atoms with van der Waals surface area (Å²) in [4.78, 5) is 5.44. The number of aryl methyl sites for hydroxylation is 1. The van der Waals surface area contributed by atoms with E-state index < -0.39 is 0 Å². The van der Waals surface area contributed by atoms with Gasteiger partial charge in [0.2, 0.25) is 0 Å². The fraction of sp³-hybridized carbons (Fsp3) is 0.154. The van der Waals surface area contributed by atoms with Crippen molar-refractivity contribution in [3.8, 4) is 0 Å². The van der Waals surface area contributed by atoms with Crippen molar-refractivity contribution in [2.45, 2.75) is 17.6 Å². The van der Waals surface area contributed by atoms with Crippen molar-refractivity contribution >= 4 is 17.6 Å². The molecule has 0 saturated carbocycles. The number of nitrogens with two attached hydrogens (primary N) is 1. The van der Waals surface area contributed by atoms with Crippen molar-refractivity contribution in [1.82, 2.24) is 4.98 Å². The quantitative estimate of drug-likeness (QED) is 0.494. The van der Waals surface area contributed by atoms with Gasteiger partial charge in [0.05, 0.1) is 0 Å². The Balaban J connectivity index is 2.07. The minimum atomic E-state index is 0.743. The van der Waals surface area contributed by atoms with E-state index in [0.29, 0.717) is 0 Å². The van der Waals surface area contributed by atoms with E-state index in [1.54, 1.807) is 18.0 Å². The molecular weight excluding hydrogens is 230 g/mol. The van der Waals surface area contributed by atoms with Gasteiger partial charge in [-0.3, -0.25) is 0 Å². The molecule has 88 valence electrons. The molecule has 0 atom stereocenters. The van der Waals surface area contributed by atoms with E-state index in [1.165, 1.54) is 10.5 Å². The zero-order valence-electron chi connectivity index (χ0n) is 9.68. The second-order valence-corrected chi connectivity index (χ2v) is 4.81. The molecule has 0 saturated heterocycles. The van der Waals surface area contributed by atoms with Gasteiger partial charge in [-0.15, -0.1) is 11.8 Å². The maximum atomic E-state index is 5.42. The molecular formula is C13H15N3S. The zero-order valence-corrected chi connectivity index (χ0v) is 10.5. The molecule has 0 fully saturated rings. The van der Waals surface area contributed by atoms with Crippen LogP contribution in [0, 0.1) is 6.92 Å². The number of hydrogen-bond donors (Lipinski definition) is 2. The summed E-state index contributed by atoms with van der Waals surface area (Å²) in [5.41, 5.74) is 5.01. The lowest BCUT2D eigenvalue weighted by Crippen LogP contribution is -2.10. The molecule has 17 heavy (non-hydrogen) atoms. The summed E-state index contributed by atoms with van der Waals surface area (Å²) in [5.74, 6) is 7.02. The molecule has 0 spiro atoms. The number of hydrogen-bond acceptors (Lipinski definition) is 4. The Morgan fingerprint density at radius 2 is 2.18 bits per heavy atom. The van der Waals surface area contributed by atoms with Gasteiger partial charge in [-0.05, 0) is 25.1 Å². The third kappa shape index (κ3) is 3.22. The first-order valence-electron chi connectivity index (χ1n) is 5.39. The lowest BCUT2D eigenvalue weighted by molar-refractivity contribution is 1.18. The van der Waals surface area contributed by atoms with Crippen LogP contribution in [0.3, 0.4) is 0 Å². The molecule has 0 amide bonds. The van der Waals surface area contributed by atoms with Crippen LogP contribution in [0.25, 0.3) is 0 Å². The van der Waals surface area contributed by atoms with Gasteiger partial charge in [0.1, 0.15) is 5.82 Å². The summed E-state index contributed by atoms with van der Waals surface area (Å²) in [6.45, 7) is 2.10. The molecule has 0 bridgehead atoms. The van der Waals surface area contributed by atoms with Crippen LogP contribution in [0.5, 0.6) is 0 Å². The largest absolute Gasteiger partial charge is 0.308 e. The van der Waals surface area contributed by atoms with Crippen LogP contribution in [-0.2, 0) is 5.75 Å². The zero-order chi connectivity index (χ0) is 12.1. The van der Waals surface area contributed by atoms with Gasteiger partial charge in [0.25, 0.3) is 0 Å². The number of nitrogens with zero attached hydrogens (tertiary/aromatic N) is 1. The molecule has 4 heteroatoms. The average molecular weight is 245 g/mol. The fourth-order valence-electron chi connectivity index (χ4n) is 1.55. The van der Waals surface area contributed by atoms with Crippen molar-refractivity contribution in [2.24, 2.45) is 5.84 Å². The summed E-state index contributed by atoms with van der Waals surface area (Å²) in [7, 11) is 0. The summed E-state index contributed by atoms with van der Waals surface area (Å²) in [5, 5.41) is 0. The highest BCUT2D eigenvalue weighted by Crippen LogP contribution is 2.25. The van der Waals surface area contributed by atoms with E-state index in [2.05, 4.69) is 41.6 Å². The van der Waals surface area contributed by atoms with Gasteiger partial charge in [0, 0.05) is 22.4 Å². The average Bonchev–Trinajstić information content (AvgIpc) is 2.37. The lowest BCUT2D eigenvalue weighted by atomic mass is 10.2. The topological polar surface area (TPSA) is 50.9 Å². The highest BCUT2D eigenvalue weighted by Gasteiger charge is 2.02. The summed E-state index contributed by atoms with van der Waals surface area (Å²) >= 11 is 1.78. The molecule has 2 rings (SSSR count). The first kappa shape index (κ1) is 12.0. The van der Waals surface area contributed by atoms with Crippen molar-refractivity contribution in [2.75, 3.05) is 5.43 Å². The Hall–Kier alpha value is -1.52. The maximum absolute atomic E-state index is 5.42. The van der Waals surface area contributed by atoms with E-state index in [4.69, 9.17) is 5.84 Å². The second-order valence-electron chi connectivity index (χ2n) is 3.76. The second kappa shape index (κ2) is 5.70. The standard InChI is InChI=1S/C13H15N3S/c1-10-4-2-6-12(8-10)17-9-11-5-3-7-15-13(11)16-14/h2-8H,9,14H2,1H3,(H,15,16). The van der Waals surface area contributed by atoms with Crippen LogP contribution < -0.4 is 11.3 Å². The van der Waals surface area contributed by atoms with Gasteiger partial charge in [-0.1, -0.05) is 23.8 Å². The molecule has 1 aromatic heterocycles. The van der Waals surface area contributed by atoms with Gasteiger partial charge >= 0.3 is 0 Å². The van der Waals surface area contributed by atoms with Gasteiger partial charge in [0.15, 0.2) is 0 Å². The number of nitrogen functional groups attached to an aromatic ring is 1. The van der Waals surface area contributed by atoms with Crippen molar-refractivity contribution in [3.63, 3.8) is 0 Å². The SMILES string of the molecule is Cc1cccc(SCc2cccnc2NN)c1. The Morgan fingerprint density at radius 3 is 2.94 bits per heavy atom. The number of pyridine rings is 1.